The Labute approximate surface area is 186 Å². The van der Waals surface area contributed by atoms with E-state index in [1.807, 2.05) is 48.7 Å². The highest BCUT2D eigenvalue weighted by Gasteiger charge is 2.25. The molecule has 162 valence electrons. The monoisotopic (exact) mass is 428 g/mol. The Kier molecular flexibility index (Phi) is 5.65. The molecule has 1 aliphatic carbocycles. The Morgan fingerprint density at radius 2 is 1.94 bits per heavy atom. The number of ether oxygens (including phenoxy) is 2. The van der Waals surface area contributed by atoms with E-state index in [-0.39, 0.29) is 0 Å². The summed E-state index contributed by atoms with van der Waals surface area (Å²) >= 11 is 0. The maximum Gasteiger partial charge on any atom is 0.204 e. The number of hydrogen-bond acceptors (Lipinski definition) is 7. The molecule has 0 radical (unpaired) electrons. The van der Waals surface area contributed by atoms with E-state index in [9.17, 15) is 0 Å². The molecule has 1 N–H and O–H groups in total. The third kappa shape index (κ3) is 4.39. The lowest BCUT2D eigenvalue weighted by molar-refractivity contribution is 0.281. The smallest absolute Gasteiger partial charge is 0.204 e. The van der Waals surface area contributed by atoms with Crippen molar-refractivity contribution in [3.05, 3.63) is 72.6 Å². The van der Waals surface area contributed by atoms with Gasteiger partial charge in [0.15, 0.2) is 11.5 Å². The van der Waals surface area contributed by atoms with Gasteiger partial charge in [0.1, 0.15) is 0 Å². The second kappa shape index (κ2) is 9.05. The average molecular weight is 428 g/mol. The molecule has 32 heavy (non-hydrogen) atoms. The molecule has 4 aromatic rings. The number of methoxy groups -OCH3 is 1. The molecule has 0 spiro atoms. The van der Waals surface area contributed by atoms with Gasteiger partial charge in [0, 0.05) is 30.2 Å². The molecule has 1 fully saturated rings. The zero-order valence-electron chi connectivity index (χ0n) is 17.8. The van der Waals surface area contributed by atoms with Crippen LogP contribution in [0.15, 0.2) is 67.0 Å². The Balaban J connectivity index is 1.54. The van der Waals surface area contributed by atoms with Gasteiger partial charge in [-0.25, -0.2) is 0 Å². The predicted octanol–water partition coefficient (Wildman–Crippen LogP) is 4.40. The van der Waals surface area contributed by atoms with Crippen LogP contribution in [0.1, 0.15) is 18.4 Å². The summed E-state index contributed by atoms with van der Waals surface area (Å²) in [7, 11) is 1.67. The van der Waals surface area contributed by atoms with E-state index in [1.165, 1.54) is 12.8 Å². The third-order valence-corrected chi connectivity index (χ3v) is 5.48. The molecule has 0 saturated heterocycles. The van der Waals surface area contributed by atoms with Gasteiger partial charge in [-0.15, -0.1) is 10.2 Å². The highest BCUT2D eigenvalue weighted by atomic mass is 16.5. The van der Waals surface area contributed by atoms with E-state index in [2.05, 4.69) is 42.6 Å². The number of para-hydroxylation sites is 1. The number of aromatic nitrogens is 5. The third-order valence-electron chi connectivity index (χ3n) is 5.48. The van der Waals surface area contributed by atoms with Crippen molar-refractivity contribution >= 4 is 11.4 Å². The Morgan fingerprint density at radius 1 is 1.06 bits per heavy atom. The SMILES string of the molecule is COc1cccc(N(Cc2cccnc2)c2ccc(-c3nn[nH]n3)cc2)c1OCC1CC1. The molecule has 1 aliphatic rings. The minimum atomic E-state index is 0.560. The first-order chi connectivity index (χ1) is 15.8. The van der Waals surface area contributed by atoms with Gasteiger partial charge >= 0.3 is 0 Å². The highest BCUT2D eigenvalue weighted by Crippen LogP contribution is 2.43. The van der Waals surface area contributed by atoms with E-state index >= 15 is 0 Å². The van der Waals surface area contributed by atoms with Crippen LogP contribution in [0.3, 0.4) is 0 Å². The molecule has 8 nitrogen and oxygen atoms in total. The van der Waals surface area contributed by atoms with Crippen molar-refractivity contribution in [2.45, 2.75) is 19.4 Å². The molecular formula is C24H24N6O2. The minimum absolute atomic E-state index is 0.560. The van der Waals surface area contributed by atoms with Gasteiger partial charge in [-0.3, -0.25) is 4.98 Å². The summed E-state index contributed by atoms with van der Waals surface area (Å²) in [5.41, 5.74) is 3.93. The maximum absolute atomic E-state index is 6.29. The zero-order chi connectivity index (χ0) is 21.8. The number of aromatic amines is 1. The minimum Gasteiger partial charge on any atom is -0.493 e. The van der Waals surface area contributed by atoms with Crippen LogP contribution in [0, 0.1) is 5.92 Å². The van der Waals surface area contributed by atoms with E-state index in [1.54, 1.807) is 13.3 Å². The fourth-order valence-corrected chi connectivity index (χ4v) is 3.57. The Hall–Kier alpha value is -3.94. The van der Waals surface area contributed by atoms with Gasteiger partial charge in [0.2, 0.25) is 5.82 Å². The molecule has 0 bridgehead atoms. The number of pyridine rings is 1. The second-order valence-corrected chi connectivity index (χ2v) is 7.79. The van der Waals surface area contributed by atoms with E-state index < -0.39 is 0 Å². The first kappa shape index (κ1) is 20.0. The van der Waals surface area contributed by atoms with Crippen molar-refractivity contribution in [2.75, 3.05) is 18.6 Å². The van der Waals surface area contributed by atoms with Crippen LogP contribution in [0.5, 0.6) is 11.5 Å². The van der Waals surface area contributed by atoms with Crippen LogP contribution in [0.25, 0.3) is 11.4 Å². The van der Waals surface area contributed by atoms with Crippen molar-refractivity contribution in [2.24, 2.45) is 5.92 Å². The molecule has 0 unspecified atom stereocenters. The number of nitrogens with one attached hydrogen (secondary N) is 1. The van der Waals surface area contributed by atoms with Crippen LogP contribution >= 0.6 is 0 Å². The summed E-state index contributed by atoms with van der Waals surface area (Å²) in [6.45, 7) is 1.33. The fourth-order valence-electron chi connectivity index (χ4n) is 3.57. The molecular weight excluding hydrogens is 404 g/mol. The number of H-pyrrole nitrogens is 1. The summed E-state index contributed by atoms with van der Waals surface area (Å²) in [6, 6.07) is 18.1. The lowest BCUT2D eigenvalue weighted by Crippen LogP contribution is -2.18. The lowest BCUT2D eigenvalue weighted by atomic mass is 10.1. The average Bonchev–Trinajstić information content (AvgIpc) is 3.52. The number of tetrazole rings is 1. The first-order valence-electron chi connectivity index (χ1n) is 10.6. The van der Waals surface area contributed by atoms with Gasteiger partial charge in [-0.05, 0) is 72.0 Å². The number of anilines is 2. The van der Waals surface area contributed by atoms with Gasteiger partial charge in [-0.2, -0.15) is 5.21 Å². The zero-order valence-corrected chi connectivity index (χ0v) is 17.8. The Morgan fingerprint density at radius 3 is 2.62 bits per heavy atom. The quantitative estimate of drug-likeness (QED) is 0.423. The number of benzene rings is 2. The Bertz CT molecular complexity index is 1150. The number of rotatable bonds is 9. The van der Waals surface area contributed by atoms with Gasteiger partial charge in [0.05, 0.1) is 19.4 Å². The summed E-state index contributed by atoms with van der Waals surface area (Å²) in [4.78, 5) is 6.50. The molecule has 2 aromatic heterocycles. The molecule has 2 aromatic carbocycles. The molecule has 0 amide bonds. The largest absolute Gasteiger partial charge is 0.493 e. The fraction of sp³-hybridized carbons (Fsp3) is 0.250. The molecule has 8 heteroatoms. The van der Waals surface area contributed by atoms with Crippen LogP contribution < -0.4 is 14.4 Å². The number of hydrogen-bond donors (Lipinski definition) is 1. The first-order valence-corrected chi connectivity index (χ1v) is 10.6. The normalized spacial score (nSPS) is 13.0. The summed E-state index contributed by atoms with van der Waals surface area (Å²) < 4.78 is 11.9. The van der Waals surface area contributed by atoms with Crippen LogP contribution in [0.4, 0.5) is 11.4 Å². The number of nitrogens with zero attached hydrogens (tertiary/aromatic N) is 5. The van der Waals surface area contributed by atoms with Gasteiger partial charge in [0.25, 0.3) is 0 Å². The molecule has 2 heterocycles. The maximum atomic E-state index is 6.29. The van der Waals surface area contributed by atoms with Crippen molar-refractivity contribution in [3.63, 3.8) is 0 Å². The molecule has 0 aliphatic heterocycles. The van der Waals surface area contributed by atoms with Gasteiger partial charge in [-0.1, -0.05) is 12.1 Å². The van der Waals surface area contributed by atoms with E-state index in [4.69, 9.17) is 9.47 Å². The highest BCUT2D eigenvalue weighted by molar-refractivity contribution is 5.74. The van der Waals surface area contributed by atoms with E-state index in [0.29, 0.717) is 24.9 Å². The van der Waals surface area contributed by atoms with Crippen LogP contribution in [0.2, 0.25) is 0 Å². The topological polar surface area (TPSA) is 89.1 Å². The molecule has 0 atom stereocenters. The van der Waals surface area contributed by atoms with E-state index in [0.717, 1.165) is 34.0 Å². The summed E-state index contributed by atoms with van der Waals surface area (Å²) in [5, 5.41) is 14.3. The van der Waals surface area contributed by atoms with Crippen molar-refractivity contribution in [1.82, 2.24) is 25.6 Å². The van der Waals surface area contributed by atoms with Crippen molar-refractivity contribution in [1.29, 1.82) is 0 Å². The standard InChI is InChI=1S/C24H24N6O2/c1-31-22-6-2-5-21(23(22)32-16-17-7-8-17)30(15-18-4-3-13-25-14-18)20-11-9-19(10-12-20)24-26-28-29-27-24/h2-6,9-14,17H,7-8,15-16H2,1H3,(H,26,27,28,29). The summed E-state index contributed by atoms with van der Waals surface area (Å²) in [6.07, 6.45) is 6.11. The van der Waals surface area contributed by atoms with Crippen molar-refractivity contribution < 1.29 is 9.47 Å². The predicted molar refractivity (Wildman–Crippen MR) is 121 cm³/mol. The molecule has 5 rings (SSSR count). The molecule has 1 saturated carbocycles. The second-order valence-electron chi connectivity index (χ2n) is 7.79. The van der Waals surface area contributed by atoms with Gasteiger partial charge < -0.3 is 14.4 Å². The van der Waals surface area contributed by atoms with Crippen LogP contribution in [-0.2, 0) is 6.54 Å². The van der Waals surface area contributed by atoms with Crippen molar-refractivity contribution in [3.8, 4) is 22.9 Å². The summed E-state index contributed by atoms with van der Waals surface area (Å²) in [5.74, 6) is 2.68. The van der Waals surface area contributed by atoms with Crippen LogP contribution in [-0.4, -0.2) is 39.3 Å². The lowest BCUT2D eigenvalue weighted by Gasteiger charge is -2.28.